The first-order chi connectivity index (χ1) is 10.5. The molecule has 1 saturated heterocycles. The van der Waals surface area contributed by atoms with E-state index in [2.05, 4.69) is 0 Å². The van der Waals surface area contributed by atoms with Crippen LogP contribution in [0.25, 0.3) is 5.52 Å². The first-order valence-corrected chi connectivity index (χ1v) is 9.45. The molecule has 0 bridgehead atoms. The van der Waals surface area contributed by atoms with Gasteiger partial charge in [0.15, 0.2) is 9.84 Å². The molecule has 5 nitrogen and oxygen atoms in total. The van der Waals surface area contributed by atoms with Crippen LogP contribution in [0.1, 0.15) is 29.6 Å². The van der Waals surface area contributed by atoms with Crippen LogP contribution in [0, 0.1) is 0 Å². The lowest BCUT2D eigenvalue weighted by atomic mass is 10.1. The summed E-state index contributed by atoms with van der Waals surface area (Å²) in [6, 6.07) is 7.75. The van der Waals surface area contributed by atoms with Gasteiger partial charge in [-0.15, -0.1) is 0 Å². The van der Waals surface area contributed by atoms with Gasteiger partial charge in [-0.2, -0.15) is 0 Å². The Hall–Kier alpha value is -1.82. The van der Waals surface area contributed by atoms with E-state index in [9.17, 15) is 13.2 Å². The first kappa shape index (κ1) is 13.8. The van der Waals surface area contributed by atoms with Crippen molar-refractivity contribution in [3.05, 3.63) is 42.2 Å². The Morgan fingerprint density at radius 2 is 2.00 bits per heavy atom. The van der Waals surface area contributed by atoms with Crippen molar-refractivity contribution < 1.29 is 13.2 Å². The molecule has 2 aliphatic rings. The maximum absolute atomic E-state index is 12.9. The highest BCUT2D eigenvalue weighted by molar-refractivity contribution is 7.91. The number of aromatic nitrogens is 1. The summed E-state index contributed by atoms with van der Waals surface area (Å²) in [5, 5.41) is 0. The normalized spacial score (nSPS) is 23.7. The average molecular weight is 318 g/mol. The maximum atomic E-state index is 12.9. The Morgan fingerprint density at radius 3 is 2.64 bits per heavy atom. The van der Waals surface area contributed by atoms with Gasteiger partial charge < -0.3 is 9.30 Å². The van der Waals surface area contributed by atoms with Gasteiger partial charge in [-0.25, -0.2) is 8.42 Å². The zero-order chi connectivity index (χ0) is 15.3. The molecule has 6 heteroatoms. The largest absolute Gasteiger partial charge is 0.332 e. The van der Waals surface area contributed by atoms with Crippen molar-refractivity contribution in [2.24, 2.45) is 0 Å². The summed E-state index contributed by atoms with van der Waals surface area (Å²) < 4.78 is 25.4. The van der Waals surface area contributed by atoms with Gasteiger partial charge in [-0.3, -0.25) is 4.79 Å². The minimum Gasteiger partial charge on any atom is -0.332 e. The third-order valence-electron chi connectivity index (χ3n) is 4.53. The molecule has 22 heavy (non-hydrogen) atoms. The van der Waals surface area contributed by atoms with Crippen molar-refractivity contribution in [3.8, 4) is 0 Å². The fraction of sp³-hybridized carbons (Fsp3) is 0.438. The highest BCUT2D eigenvalue weighted by Crippen LogP contribution is 2.33. The highest BCUT2D eigenvalue weighted by atomic mass is 32.2. The second-order valence-corrected chi connectivity index (χ2v) is 8.49. The van der Waals surface area contributed by atoms with E-state index in [0.29, 0.717) is 12.0 Å². The van der Waals surface area contributed by atoms with E-state index >= 15 is 0 Å². The maximum Gasteiger partial charge on any atom is 0.255 e. The Bertz CT molecular complexity index is 803. The van der Waals surface area contributed by atoms with Crippen LogP contribution in [0.4, 0.5) is 0 Å². The third kappa shape index (κ3) is 2.41. The smallest absolute Gasteiger partial charge is 0.255 e. The van der Waals surface area contributed by atoms with E-state index in [1.165, 1.54) is 0 Å². The molecule has 116 valence electrons. The minimum atomic E-state index is -2.99. The predicted octanol–water partition coefficient (Wildman–Crippen LogP) is 1.73. The summed E-state index contributed by atoms with van der Waals surface area (Å²) in [6.07, 6.45) is 6.27. The van der Waals surface area contributed by atoms with Crippen molar-refractivity contribution in [2.45, 2.75) is 31.3 Å². The monoisotopic (exact) mass is 318 g/mol. The molecule has 1 aliphatic heterocycles. The Balaban J connectivity index is 1.66. The Morgan fingerprint density at radius 1 is 1.18 bits per heavy atom. The first-order valence-electron chi connectivity index (χ1n) is 7.63. The Labute approximate surface area is 129 Å². The number of carbonyl (C=O) groups is 1. The quantitative estimate of drug-likeness (QED) is 0.866. The topological polar surface area (TPSA) is 58.9 Å². The second-order valence-electron chi connectivity index (χ2n) is 6.26. The molecule has 2 aromatic heterocycles. The molecule has 0 spiro atoms. The van der Waals surface area contributed by atoms with Crippen LogP contribution in [0.3, 0.4) is 0 Å². The van der Waals surface area contributed by atoms with Crippen molar-refractivity contribution in [1.29, 1.82) is 0 Å². The summed E-state index contributed by atoms with van der Waals surface area (Å²) in [5.74, 6) is 0.280. The number of sulfone groups is 1. The molecule has 1 unspecified atom stereocenters. The molecule has 1 saturated carbocycles. The Kier molecular flexibility index (Phi) is 3.04. The fourth-order valence-corrected chi connectivity index (χ4v) is 5.01. The number of hydrogen-bond donors (Lipinski definition) is 0. The standard InChI is InChI=1S/C16H18N2O3S/c19-16(12-9-14-3-1-2-7-17(14)10-12)18(13-4-5-13)15-6-8-22(20,21)11-15/h1-3,7,9-10,13,15H,4-6,8,11H2. The molecule has 1 amide bonds. The number of amides is 1. The van der Waals surface area contributed by atoms with Crippen LogP contribution in [0.2, 0.25) is 0 Å². The van der Waals surface area contributed by atoms with Crippen molar-refractivity contribution >= 4 is 21.3 Å². The summed E-state index contributed by atoms with van der Waals surface area (Å²) in [5.41, 5.74) is 1.61. The number of pyridine rings is 1. The summed E-state index contributed by atoms with van der Waals surface area (Å²) >= 11 is 0. The lowest BCUT2D eigenvalue weighted by molar-refractivity contribution is 0.0681. The molecular formula is C16H18N2O3S. The molecule has 1 atom stereocenters. The van der Waals surface area contributed by atoms with Crippen LogP contribution in [-0.2, 0) is 9.84 Å². The van der Waals surface area contributed by atoms with Gasteiger partial charge in [-0.1, -0.05) is 6.07 Å². The van der Waals surface area contributed by atoms with E-state index in [0.717, 1.165) is 18.4 Å². The van der Waals surface area contributed by atoms with Gasteiger partial charge >= 0.3 is 0 Å². The van der Waals surface area contributed by atoms with E-state index in [1.807, 2.05) is 46.0 Å². The second kappa shape index (κ2) is 4.84. The molecule has 1 aliphatic carbocycles. The zero-order valence-electron chi connectivity index (χ0n) is 12.2. The molecule has 4 rings (SSSR count). The molecule has 0 N–H and O–H groups in total. The zero-order valence-corrected chi connectivity index (χ0v) is 13.0. The number of carbonyl (C=O) groups excluding carboxylic acids is 1. The van der Waals surface area contributed by atoms with Crippen molar-refractivity contribution in [2.75, 3.05) is 11.5 Å². The highest BCUT2D eigenvalue weighted by Gasteiger charge is 2.42. The number of rotatable bonds is 3. The van der Waals surface area contributed by atoms with Gasteiger partial charge in [0.1, 0.15) is 0 Å². The van der Waals surface area contributed by atoms with Crippen molar-refractivity contribution in [1.82, 2.24) is 9.30 Å². The average Bonchev–Trinajstić information content (AvgIpc) is 3.10. The summed E-state index contributed by atoms with van der Waals surface area (Å²) in [7, 11) is -2.99. The summed E-state index contributed by atoms with van der Waals surface area (Å²) in [6.45, 7) is 0. The van der Waals surface area contributed by atoms with E-state index in [1.54, 1.807) is 0 Å². The van der Waals surface area contributed by atoms with Crippen molar-refractivity contribution in [3.63, 3.8) is 0 Å². The predicted molar refractivity (Wildman–Crippen MR) is 83.6 cm³/mol. The van der Waals surface area contributed by atoms with E-state index in [4.69, 9.17) is 0 Å². The minimum absolute atomic E-state index is 0.0340. The van der Waals surface area contributed by atoms with Crippen LogP contribution >= 0.6 is 0 Å². The number of hydrogen-bond acceptors (Lipinski definition) is 3. The molecule has 0 aromatic carbocycles. The lowest BCUT2D eigenvalue weighted by Gasteiger charge is -2.28. The SMILES string of the molecule is O=C(c1cc2ccccn2c1)N(C1CC1)C1CCS(=O)(=O)C1. The van der Waals surface area contributed by atoms with Gasteiger partial charge in [-0.05, 0) is 37.5 Å². The molecule has 0 radical (unpaired) electrons. The van der Waals surface area contributed by atoms with Gasteiger partial charge in [0.05, 0.1) is 17.1 Å². The van der Waals surface area contributed by atoms with Crippen LogP contribution in [-0.4, -0.2) is 47.2 Å². The van der Waals surface area contributed by atoms with E-state index < -0.39 is 9.84 Å². The van der Waals surface area contributed by atoms with Gasteiger partial charge in [0, 0.05) is 30.0 Å². The summed E-state index contributed by atoms with van der Waals surface area (Å²) in [4.78, 5) is 14.7. The number of nitrogens with zero attached hydrogens (tertiary/aromatic N) is 2. The van der Waals surface area contributed by atoms with Crippen LogP contribution < -0.4 is 0 Å². The lowest BCUT2D eigenvalue weighted by Crippen LogP contribution is -2.42. The van der Waals surface area contributed by atoms with E-state index in [-0.39, 0.29) is 29.5 Å². The third-order valence-corrected chi connectivity index (χ3v) is 6.28. The number of fused-ring (bicyclic) bond motifs is 1. The van der Waals surface area contributed by atoms with Gasteiger partial charge in [0.25, 0.3) is 5.91 Å². The van der Waals surface area contributed by atoms with Gasteiger partial charge in [0.2, 0.25) is 0 Å². The molecule has 3 heterocycles. The van der Waals surface area contributed by atoms with Crippen LogP contribution in [0.5, 0.6) is 0 Å². The fourth-order valence-electron chi connectivity index (χ4n) is 3.30. The molecule has 2 aromatic rings. The molecular weight excluding hydrogens is 300 g/mol. The molecule has 2 fully saturated rings. The van der Waals surface area contributed by atoms with Crippen LogP contribution in [0.15, 0.2) is 36.7 Å².